The Morgan fingerprint density at radius 1 is 1.67 bits per heavy atom. The first-order chi connectivity index (χ1) is 4.18. The topological polar surface area (TPSA) is 29.1 Å². The summed E-state index contributed by atoms with van der Waals surface area (Å²) in [6.07, 6.45) is 0.887. The summed E-state index contributed by atoms with van der Waals surface area (Å²) in [6.45, 7) is 7.50. The minimum Gasteiger partial charge on any atom is -0.351 e. The summed E-state index contributed by atoms with van der Waals surface area (Å²) in [4.78, 5) is 10.8. The first-order valence-corrected chi connectivity index (χ1v) is 3.30. The van der Waals surface area contributed by atoms with Crippen LogP contribution < -0.4 is 5.32 Å². The quantitative estimate of drug-likeness (QED) is 0.610. The maximum atomic E-state index is 10.8. The van der Waals surface area contributed by atoms with Gasteiger partial charge in [0.25, 0.3) is 0 Å². The lowest BCUT2D eigenvalue weighted by atomic mass is 10.2. The van der Waals surface area contributed by atoms with Crippen molar-refractivity contribution in [2.75, 3.05) is 0 Å². The van der Waals surface area contributed by atoms with E-state index in [1.54, 1.807) is 6.54 Å². The molecule has 0 aliphatic carbocycles. The van der Waals surface area contributed by atoms with Gasteiger partial charge in [-0.15, -0.1) is 0 Å². The van der Waals surface area contributed by atoms with Crippen LogP contribution in [0.15, 0.2) is 0 Å². The summed E-state index contributed by atoms with van der Waals surface area (Å²) in [5, 5.41) is 2.67. The maximum absolute atomic E-state index is 10.8. The lowest BCUT2D eigenvalue weighted by Crippen LogP contribution is -2.24. The van der Waals surface area contributed by atoms with Crippen LogP contribution in [0, 0.1) is 12.5 Å². The molecule has 0 spiro atoms. The molecule has 53 valence electrons. The van der Waals surface area contributed by atoms with Gasteiger partial charge in [0.2, 0.25) is 5.91 Å². The van der Waals surface area contributed by atoms with Gasteiger partial charge >= 0.3 is 0 Å². The number of amides is 1. The minimum absolute atomic E-state index is 0.0906. The number of carbonyl (C=O) groups is 1. The molecular formula is C7H14NO. The molecule has 0 aliphatic rings. The number of rotatable bonds is 3. The molecule has 0 unspecified atom stereocenters. The van der Waals surface area contributed by atoms with Crippen molar-refractivity contribution >= 4 is 5.91 Å². The second-order valence-electron chi connectivity index (χ2n) is 2.28. The predicted octanol–water partition coefficient (Wildman–Crippen LogP) is 1.33. The molecule has 1 radical (unpaired) electrons. The molecule has 2 nitrogen and oxygen atoms in total. The van der Waals surface area contributed by atoms with E-state index < -0.39 is 0 Å². The molecule has 0 aliphatic heterocycles. The second kappa shape index (κ2) is 4.36. The van der Waals surface area contributed by atoms with Crippen molar-refractivity contribution in [2.24, 2.45) is 5.92 Å². The van der Waals surface area contributed by atoms with E-state index in [1.807, 2.05) is 20.8 Å². The van der Waals surface area contributed by atoms with Gasteiger partial charge in [0.05, 0.1) is 0 Å². The van der Waals surface area contributed by atoms with Crippen LogP contribution in [0.25, 0.3) is 0 Å². The molecule has 0 aromatic heterocycles. The van der Waals surface area contributed by atoms with E-state index in [1.165, 1.54) is 0 Å². The molecular weight excluding hydrogens is 114 g/mol. The van der Waals surface area contributed by atoms with E-state index in [4.69, 9.17) is 0 Å². The van der Waals surface area contributed by atoms with Crippen molar-refractivity contribution in [1.82, 2.24) is 5.32 Å². The second-order valence-corrected chi connectivity index (χ2v) is 2.28. The molecule has 0 rings (SSSR count). The molecule has 0 fully saturated rings. The molecule has 0 aromatic rings. The van der Waals surface area contributed by atoms with Gasteiger partial charge < -0.3 is 5.32 Å². The van der Waals surface area contributed by atoms with Gasteiger partial charge in [-0.2, -0.15) is 0 Å². The summed E-state index contributed by atoms with van der Waals surface area (Å²) in [7, 11) is 0. The first-order valence-electron chi connectivity index (χ1n) is 3.30. The maximum Gasteiger partial charge on any atom is 0.222 e. The lowest BCUT2D eigenvalue weighted by molar-refractivity contribution is -0.123. The van der Waals surface area contributed by atoms with Crippen LogP contribution in [0.1, 0.15) is 27.2 Å². The van der Waals surface area contributed by atoms with Gasteiger partial charge in [0.15, 0.2) is 0 Å². The molecule has 0 heterocycles. The molecule has 1 amide bonds. The Balaban J connectivity index is 3.28. The van der Waals surface area contributed by atoms with E-state index >= 15 is 0 Å². The molecule has 0 saturated heterocycles. The summed E-state index contributed by atoms with van der Waals surface area (Å²) in [6, 6.07) is 0. The SMILES string of the molecule is CC[CH]NC(=O)C(C)C. The third-order valence-electron chi connectivity index (χ3n) is 0.973. The number of carbonyl (C=O) groups excluding carboxylic acids is 1. The Kier molecular flexibility index (Phi) is 4.10. The third kappa shape index (κ3) is 4.01. The van der Waals surface area contributed by atoms with Gasteiger partial charge in [0.1, 0.15) is 0 Å². The van der Waals surface area contributed by atoms with Crippen molar-refractivity contribution in [1.29, 1.82) is 0 Å². The fourth-order valence-corrected chi connectivity index (χ4v) is 0.369. The van der Waals surface area contributed by atoms with E-state index in [2.05, 4.69) is 5.32 Å². The first kappa shape index (κ1) is 8.47. The van der Waals surface area contributed by atoms with Crippen LogP contribution in [-0.2, 0) is 4.79 Å². The van der Waals surface area contributed by atoms with Crippen molar-refractivity contribution in [3.8, 4) is 0 Å². The molecule has 1 N–H and O–H groups in total. The molecule has 0 saturated carbocycles. The largest absolute Gasteiger partial charge is 0.351 e. The van der Waals surface area contributed by atoms with Crippen LogP contribution in [0.3, 0.4) is 0 Å². The van der Waals surface area contributed by atoms with Crippen LogP contribution in [-0.4, -0.2) is 5.91 Å². The number of hydrogen-bond donors (Lipinski definition) is 1. The zero-order valence-corrected chi connectivity index (χ0v) is 6.27. The van der Waals surface area contributed by atoms with Crippen LogP contribution in [0.4, 0.5) is 0 Å². The number of nitrogens with one attached hydrogen (secondary N) is 1. The Morgan fingerprint density at radius 2 is 2.22 bits per heavy atom. The van der Waals surface area contributed by atoms with E-state index in [0.29, 0.717) is 0 Å². The van der Waals surface area contributed by atoms with Crippen molar-refractivity contribution < 1.29 is 4.79 Å². The summed E-state index contributed by atoms with van der Waals surface area (Å²) in [5.74, 6) is 0.185. The smallest absolute Gasteiger partial charge is 0.222 e. The van der Waals surface area contributed by atoms with Gasteiger partial charge in [-0.05, 0) is 6.42 Å². The average Bonchev–Trinajstić information content (AvgIpc) is 1.82. The number of hydrogen-bond acceptors (Lipinski definition) is 1. The molecule has 0 bridgehead atoms. The molecule has 0 aromatic carbocycles. The predicted molar refractivity (Wildman–Crippen MR) is 37.6 cm³/mol. The highest BCUT2D eigenvalue weighted by Gasteiger charge is 2.03. The zero-order chi connectivity index (χ0) is 7.28. The minimum atomic E-state index is 0.0906. The van der Waals surface area contributed by atoms with Gasteiger partial charge in [-0.3, -0.25) is 4.79 Å². The van der Waals surface area contributed by atoms with Crippen molar-refractivity contribution in [3.05, 3.63) is 6.54 Å². The van der Waals surface area contributed by atoms with Crippen LogP contribution in [0.5, 0.6) is 0 Å². The van der Waals surface area contributed by atoms with E-state index in [9.17, 15) is 4.79 Å². The van der Waals surface area contributed by atoms with Gasteiger partial charge in [-0.25, -0.2) is 0 Å². The Hall–Kier alpha value is -0.530. The summed E-state index contributed by atoms with van der Waals surface area (Å²) in [5.41, 5.74) is 0. The molecule has 2 heteroatoms. The zero-order valence-electron chi connectivity index (χ0n) is 6.27. The Morgan fingerprint density at radius 3 is 2.56 bits per heavy atom. The molecule has 0 atom stereocenters. The standard InChI is InChI=1S/C7H14NO/c1-4-5-8-7(9)6(2)3/h5-6H,4H2,1-3H3,(H,8,9). The monoisotopic (exact) mass is 128 g/mol. The lowest BCUT2D eigenvalue weighted by Gasteiger charge is -2.03. The summed E-state index contributed by atoms with van der Waals surface area (Å²) >= 11 is 0. The highest BCUT2D eigenvalue weighted by Crippen LogP contribution is 1.91. The highest BCUT2D eigenvalue weighted by atomic mass is 16.1. The third-order valence-corrected chi connectivity index (χ3v) is 0.973. The normalized spacial score (nSPS) is 9.78. The fraction of sp³-hybridized carbons (Fsp3) is 0.714. The van der Waals surface area contributed by atoms with E-state index in [-0.39, 0.29) is 11.8 Å². The van der Waals surface area contributed by atoms with Gasteiger partial charge in [-0.1, -0.05) is 20.8 Å². The van der Waals surface area contributed by atoms with Gasteiger partial charge in [0, 0.05) is 12.5 Å². The highest BCUT2D eigenvalue weighted by molar-refractivity contribution is 5.78. The fourth-order valence-electron chi connectivity index (χ4n) is 0.369. The van der Waals surface area contributed by atoms with E-state index in [0.717, 1.165) is 6.42 Å². The van der Waals surface area contributed by atoms with Crippen LogP contribution in [0.2, 0.25) is 0 Å². The van der Waals surface area contributed by atoms with Crippen molar-refractivity contribution in [3.63, 3.8) is 0 Å². The molecule has 9 heavy (non-hydrogen) atoms. The van der Waals surface area contributed by atoms with Crippen LogP contribution >= 0.6 is 0 Å². The average molecular weight is 128 g/mol. The Bertz CT molecular complexity index is 88.9. The van der Waals surface area contributed by atoms with Crippen molar-refractivity contribution in [2.45, 2.75) is 27.2 Å². The Labute approximate surface area is 56.6 Å². The summed E-state index contributed by atoms with van der Waals surface area (Å²) < 4.78 is 0.